The molecule has 0 unspecified atom stereocenters. The van der Waals surface area contributed by atoms with Crippen LogP contribution in [0.1, 0.15) is 29.8 Å². The molecule has 6 nitrogen and oxygen atoms in total. The van der Waals surface area contributed by atoms with E-state index >= 15 is 0 Å². The number of esters is 1. The Morgan fingerprint density at radius 2 is 1.95 bits per heavy atom. The van der Waals surface area contributed by atoms with Crippen molar-refractivity contribution >= 4 is 16.0 Å². The van der Waals surface area contributed by atoms with Crippen molar-refractivity contribution in [3.8, 4) is 6.07 Å². The fraction of sp³-hybridized carbons (Fsp3) is 0.429. The van der Waals surface area contributed by atoms with E-state index in [1.165, 1.54) is 16.4 Å². The van der Waals surface area contributed by atoms with E-state index in [2.05, 4.69) is 0 Å². The molecule has 0 amide bonds. The normalized spacial score (nSPS) is 11.2. The number of carbonyl (C=O) groups excluding carboxylic acids is 1. The Kier molecular flexibility index (Phi) is 5.88. The number of rotatable bonds is 6. The highest BCUT2D eigenvalue weighted by Gasteiger charge is 2.23. The smallest absolute Gasteiger partial charge is 0.339 e. The number of hydrogen-bond acceptors (Lipinski definition) is 5. The molecule has 0 fully saturated rings. The van der Waals surface area contributed by atoms with Gasteiger partial charge in [0.15, 0.2) is 6.61 Å². The van der Waals surface area contributed by atoms with Crippen LogP contribution in [0.25, 0.3) is 0 Å². The summed E-state index contributed by atoms with van der Waals surface area (Å²) in [6.45, 7) is 5.50. The summed E-state index contributed by atoms with van der Waals surface area (Å²) in [5.74, 6) is -0.703. The molecule has 0 N–H and O–H groups in total. The second-order valence-corrected chi connectivity index (χ2v) is 6.24. The molecule has 1 aromatic rings. The monoisotopic (exact) mass is 310 g/mol. The summed E-state index contributed by atoms with van der Waals surface area (Å²) in [7, 11) is -3.63. The molecule has 0 atom stereocenters. The maximum Gasteiger partial charge on any atom is 0.339 e. The molecule has 21 heavy (non-hydrogen) atoms. The highest BCUT2D eigenvalue weighted by atomic mass is 32.2. The molecule has 114 valence electrons. The van der Waals surface area contributed by atoms with Crippen molar-refractivity contribution in [3.05, 3.63) is 29.3 Å². The molecular formula is C14H18N2O4S. The first kappa shape index (κ1) is 17.1. The van der Waals surface area contributed by atoms with Gasteiger partial charge in [0.05, 0.1) is 10.5 Å². The lowest BCUT2D eigenvalue weighted by molar-refractivity contribution is 0.0554. The van der Waals surface area contributed by atoms with Crippen molar-refractivity contribution in [2.45, 2.75) is 25.7 Å². The van der Waals surface area contributed by atoms with Crippen molar-refractivity contribution in [3.63, 3.8) is 0 Å². The maximum absolute atomic E-state index is 12.4. The van der Waals surface area contributed by atoms with Crippen LogP contribution in [0, 0.1) is 18.3 Å². The first-order chi connectivity index (χ1) is 9.88. The van der Waals surface area contributed by atoms with Crippen LogP contribution in [-0.4, -0.2) is 38.4 Å². The third kappa shape index (κ3) is 3.80. The number of sulfonamides is 1. The quantitative estimate of drug-likeness (QED) is 0.746. The predicted octanol–water partition coefficient (Wildman–Crippen LogP) is 1.71. The van der Waals surface area contributed by atoms with Gasteiger partial charge < -0.3 is 4.74 Å². The molecule has 0 saturated heterocycles. The Balaban J connectivity index is 3.24. The van der Waals surface area contributed by atoms with Crippen LogP contribution < -0.4 is 0 Å². The highest BCUT2D eigenvalue weighted by Crippen LogP contribution is 2.20. The van der Waals surface area contributed by atoms with Gasteiger partial charge in [0.25, 0.3) is 0 Å². The maximum atomic E-state index is 12.4. The van der Waals surface area contributed by atoms with E-state index in [-0.39, 0.29) is 17.1 Å². The van der Waals surface area contributed by atoms with Crippen LogP contribution >= 0.6 is 0 Å². The topological polar surface area (TPSA) is 87.5 Å². The van der Waals surface area contributed by atoms with Gasteiger partial charge in [-0.3, -0.25) is 0 Å². The van der Waals surface area contributed by atoms with Gasteiger partial charge in [-0.2, -0.15) is 9.57 Å². The lowest BCUT2D eigenvalue weighted by atomic mass is 10.1. The van der Waals surface area contributed by atoms with E-state index in [0.717, 1.165) is 0 Å². The van der Waals surface area contributed by atoms with Crippen molar-refractivity contribution < 1.29 is 17.9 Å². The third-order valence-electron chi connectivity index (χ3n) is 3.04. The van der Waals surface area contributed by atoms with Crippen LogP contribution in [0.5, 0.6) is 0 Å². The summed E-state index contributed by atoms with van der Waals surface area (Å²) in [4.78, 5) is 11.9. The zero-order valence-electron chi connectivity index (χ0n) is 12.3. The van der Waals surface area contributed by atoms with E-state index in [9.17, 15) is 13.2 Å². The van der Waals surface area contributed by atoms with E-state index in [1.54, 1.807) is 32.9 Å². The molecular weight excluding hydrogens is 292 g/mol. The average molecular weight is 310 g/mol. The molecule has 0 heterocycles. The number of ether oxygens (including phenoxy) is 1. The Bertz CT molecular complexity index is 658. The number of nitrogens with zero attached hydrogens (tertiary/aromatic N) is 2. The highest BCUT2D eigenvalue weighted by molar-refractivity contribution is 7.89. The number of benzene rings is 1. The lowest BCUT2D eigenvalue weighted by Crippen LogP contribution is -2.30. The zero-order valence-corrected chi connectivity index (χ0v) is 13.1. The van der Waals surface area contributed by atoms with Crippen molar-refractivity contribution in [2.24, 2.45) is 0 Å². The molecule has 0 aromatic heterocycles. The number of hydrogen-bond donors (Lipinski definition) is 0. The summed E-state index contributed by atoms with van der Waals surface area (Å²) >= 11 is 0. The van der Waals surface area contributed by atoms with Crippen LogP contribution in [0.2, 0.25) is 0 Å². The number of aryl methyl sites for hydroxylation is 1. The second kappa shape index (κ2) is 7.20. The minimum absolute atomic E-state index is 0.0423. The molecule has 0 saturated carbocycles. The molecule has 7 heteroatoms. The molecule has 0 aliphatic rings. The van der Waals surface area contributed by atoms with Crippen LogP contribution in [0.4, 0.5) is 0 Å². The van der Waals surface area contributed by atoms with E-state index in [1.807, 2.05) is 0 Å². The van der Waals surface area contributed by atoms with Gasteiger partial charge in [-0.1, -0.05) is 19.9 Å². The molecule has 0 aliphatic carbocycles. The summed E-state index contributed by atoms with van der Waals surface area (Å²) in [5, 5.41) is 8.42. The molecule has 0 aliphatic heterocycles. The molecule has 0 bridgehead atoms. The molecule has 0 radical (unpaired) electrons. The van der Waals surface area contributed by atoms with Crippen molar-refractivity contribution in [2.75, 3.05) is 19.7 Å². The number of carbonyl (C=O) groups is 1. The van der Waals surface area contributed by atoms with Gasteiger partial charge in [0, 0.05) is 13.1 Å². The average Bonchev–Trinajstić information content (AvgIpc) is 2.46. The largest absolute Gasteiger partial charge is 0.447 e. The standard InChI is InChI=1S/C14H18N2O4S/c1-4-16(5-2)21(18,19)12-7-6-11(3)13(10-12)14(17)20-9-8-15/h6-7,10H,4-5,9H2,1-3H3. The molecule has 0 spiro atoms. The predicted molar refractivity (Wildman–Crippen MR) is 77.2 cm³/mol. The third-order valence-corrected chi connectivity index (χ3v) is 5.09. The van der Waals surface area contributed by atoms with E-state index in [4.69, 9.17) is 10.00 Å². The summed E-state index contributed by atoms with van der Waals surface area (Å²) < 4.78 is 30.9. The van der Waals surface area contributed by atoms with Gasteiger partial charge in [-0.25, -0.2) is 13.2 Å². The Morgan fingerprint density at radius 1 is 1.33 bits per heavy atom. The number of nitriles is 1. The Labute approximate surface area is 125 Å². The van der Waals surface area contributed by atoms with E-state index in [0.29, 0.717) is 18.7 Å². The van der Waals surface area contributed by atoms with Crippen LogP contribution in [0.15, 0.2) is 23.1 Å². The minimum atomic E-state index is -3.63. The fourth-order valence-electron chi connectivity index (χ4n) is 1.87. The first-order valence-corrected chi connectivity index (χ1v) is 7.97. The first-order valence-electron chi connectivity index (χ1n) is 6.53. The fourth-order valence-corrected chi connectivity index (χ4v) is 3.35. The van der Waals surface area contributed by atoms with Crippen molar-refractivity contribution in [1.29, 1.82) is 5.26 Å². The van der Waals surface area contributed by atoms with Gasteiger partial charge in [-0.05, 0) is 24.6 Å². The Hall–Kier alpha value is -1.91. The van der Waals surface area contributed by atoms with Crippen molar-refractivity contribution in [1.82, 2.24) is 4.31 Å². The van der Waals surface area contributed by atoms with Crippen LogP contribution in [0.3, 0.4) is 0 Å². The lowest BCUT2D eigenvalue weighted by Gasteiger charge is -2.19. The summed E-state index contributed by atoms with van der Waals surface area (Å²) in [6, 6.07) is 6.01. The van der Waals surface area contributed by atoms with Gasteiger partial charge in [0.2, 0.25) is 10.0 Å². The van der Waals surface area contributed by atoms with Crippen LogP contribution in [-0.2, 0) is 14.8 Å². The summed E-state index contributed by atoms with van der Waals surface area (Å²) in [6.07, 6.45) is 0. The Morgan fingerprint density at radius 3 is 2.48 bits per heavy atom. The molecule has 1 aromatic carbocycles. The van der Waals surface area contributed by atoms with Gasteiger partial charge in [-0.15, -0.1) is 0 Å². The van der Waals surface area contributed by atoms with Gasteiger partial charge in [0.1, 0.15) is 6.07 Å². The SMILES string of the molecule is CCN(CC)S(=O)(=O)c1ccc(C)c(C(=O)OCC#N)c1. The van der Waals surface area contributed by atoms with Gasteiger partial charge >= 0.3 is 5.97 Å². The molecule has 1 rings (SSSR count). The zero-order chi connectivity index (χ0) is 16.0. The van der Waals surface area contributed by atoms with E-state index < -0.39 is 16.0 Å². The summed E-state index contributed by atoms with van der Waals surface area (Å²) in [5.41, 5.74) is 0.745. The minimum Gasteiger partial charge on any atom is -0.447 e. The second-order valence-electron chi connectivity index (χ2n) is 4.30.